The highest BCUT2D eigenvalue weighted by atomic mass is 16.5. The first-order valence-corrected chi connectivity index (χ1v) is 9.04. The summed E-state index contributed by atoms with van der Waals surface area (Å²) in [5.41, 5.74) is 3.53. The zero-order valence-corrected chi connectivity index (χ0v) is 14.7. The predicted octanol–water partition coefficient (Wildman–Crippen LogP) is 2.38. The molecular formula is C20H28N2O2. The smallest absolute Gasteiger partial charge is 0.0991 e. The Morgan fingerprint density at radius 2 is 2.17 bits per heavy atom. The molecule has 24 heavy (non-hydrogen) atoms. The van der Waals surface area contributed by atoms with Gasteiger partial charge in [-0.2, -0.15) is 5.26 Å². The van der Waals surface area contributed by atoms with E-state index in [2.05, 4.69) is 23.1 Å². The molecule has 0 amide bonds. The normalized spacial score (nSPS) is 28.3. The van der Waals surface area contributed by atoms with Crippen LogP contribution in [0, 0.1) is 23.2 Å². The van der Waals surface area contributed by atoms with Crippen LogP contribution >= 0.6 is 0 Å². The Kier molecular flexibility index (Phi) is 5.55. The van der Waals surface area contributed by atoms with Gasteiger partial charge < -0.3 is 14.7 Å². The fourth-order valence-corrected chi connectivity index (χ4v) is 4.44. The van der Waals surface area contributed by atoms with Crippen molar-refractivity contribution in [1.29, 1.82) is 5.26 Å². The highest BCUT2D eigenvalue weighted by molar-refractivity contribution is 5.41. The Labute approximate surface area is 145 Å². The molecule has 1 aromatic carbocycles. The van der Waals surface area contributed by atoms with Crippen molar-refractivity contribution in [1.82, 2.24) is 4.90 Å². The Balaban J connectivity index is 1.55. The number of likely N-dealkylation sites (tertiary alicyclic amines) is 1. The molecule has 1 N–H and O–H groups in total. The SMILES string of the molecule is CO[C@H]1CN(C[C@H]2Cc3ccc(C#N)cc3C2)CC[C@@H]1CC(C)O. The van der Waals surface area contributed by atoms with Gasteiger partial charge in [-0.1, -0.05) is 6.07 Å². The minimum absolute atomic E-state index is 0.224. The van der Waals surface area contributed by atoms with Crippen molar-refractivity contribution < 1.29 is 9.84 Å². The van der Waals surface area contributed by atoms with Gasteiger partial charge in [0.05, 0.1) is 23.8 Å². The van der Waals surface area contributed by atoms with Crippen LogP contribution in [0.5, 0.6) is 0 Å². The summed E-state index contributed by atoms with van der Waals surface area (Å²) >= 11 is 0. The monoisotopic (exact) mass is 328 g/mol. The summed E-state index contributed by atoms with van der Waals surface area (Å²) in [6.07, 6.45) is 4.10. The number of hydrogen-bond donors (Lipinski definition) is 1. The zero-order chi connectivity index (χ0) is 17.1. The van der Waals surface area contributed by atoms with Gasteiger partial charge in [-0.05, 0) is 74.2 Å². The van der Waals surface area contributed by atoms with Crippen molar-refractivity contribution >= 4 is 0 Å². The molecule has 0 bridgehead atoms. The Morgan fingerprint density at radius 1 is 1.38 bits per heavy atom. The topological polar surface area (TPSA) is 56.5 Å². The van der Waals surface area contributed by atoms with Gasteiger partial charge in [0.1, 0.15) is 0 Å². The summed E-state index contributed by atoms with van der Waals surface area (Å²) in [5, 5.41) is 18.7. The van der Waals surface area contributed by atoms with Crippen LogP contribution in [-0.2, 0) is 17.6 Å². The number of fused-ring (bicyclic) bond motifs is 1. The summed E-state index contributed by atoms with van der Waals surface area (Å²) in [6, 6.07) is 8.36. The fraction of sp³-hybridized carbons (Fsp3) is 0.650. The van der Waals surface area contributed by atoms with Gasteiger partial charge in [-0.25, -0.2) is 0 Å². The standard InChI is InChI=1S/C20H28N2O2/c1-14(23)7-18-5-6-22(13-20(18)24-2)12-16-9-17-4-3-15(11-21)8-19(17)10-16/h3-4,8,14,16,18,20,23H,5-7,9-10,12-13H2,1-2H3/t14?,16-,18+,20-/m0/s1. The minimum Gasteiger partial charge on any atom is -0.393 e. The molecule has 1 heterocycles. The summed E-state index contributed by atoms with van der Waals surface area (Å²) in [7, 11) is 1.79. The maximum atomic E-state index is 9.66. The molecule has 1 aromatic rings. The van der Waals surface area contributed by atoms with E-state index in [0.29, 0.717) is 11.8 Å². The quantitative estimate of drug-likeness (QED) is 0.902. The molecular weight excluding hydrogens is 300 g/mol. The van der Waals surface area contributed by atoms with Crippen molar-refractivity contribution in [3.63, 3.8) is 0 Å². The number of rotatable bonds is 5. The summed E-state index contributed by atoms with van der Waals surface area (Å²) in [4.78, 5) is 2.52. The number of hydrogen-bond acceptors (Lipinski definition) is 4. The number of aliphatic hydroxyl groups is 1. The second-order valence-electron chi connectivity index (χ2n) is 7.54. The lowest BCUT2D eigenvalue weighted by molar-refractivity contribution is -0.0294. The molecule has 130 valence electrons. The van der Waals surface area contributed by atoms with E-state index in [0.717, 1.165) is 50.9 Å². The number of piperidine rings is 1. The van der Waals surface area contributed by atoms with Crippen molar-refractivity contribution in [3.05, 3.63) is 34.9 Å². The van der Waals surface area contributed by atoms with Gasteiger partial charge in [0.15, 0.2) is 0 Å². The van der Waals surface area contributed by atoms with Crippen LogP contribution in [0.2, 0.25) is 0 Å². The van der Waals surface area contributed by atoms with Gasteiger partial charge in [0, 0.05) is 20.2 Å². The third-order valence-corrected chi connectivity index (χ3v) is 5.60. The van der Waals surface area contributed by atoms with E-state index in [-0.39, 0.29) is 12.2 Å². The average Bonchev–Trinajstić information content (AvgIpc) is 2.96. The van der Waals surface area contributed by atoms with Crippen LogP contribution in [0.3, 0.4) is 0 Å². The molecule has 1 saturated heterocycles. The van der Waals surface area contributed by atoms with Crippen LogP contribution in [0.1, 0.15) is 36.5 Å². The largest absolute Gasteiger partial charge is 0.393 e. The third kappa shape index (κ3) is 3.97. The molecule has 1 fully saturated rings. The molecule has 1 aliphatic heterocycles. The lowest BCUT2D eigenvalue weighted by Crippen LogP contribution is -2.47. The van der Waals surface area contributed by atoms with E-state index in [9.17, 15) is 5.11 Å². The number of nitriles is 1. The lowest BCUT2D eigenvalue weighted by atomic mass is 9.88. The Morgan fingerprint density at radius 3 is 2.88 bits per heavy atom. The van der Waals surface area contributed by atoms with Crippen LogP contribution in [-0.4, -0.2) is 49.0 Å². The number of benzene rings is 1. The minimum atomic E-state index is -0.252. The van der Waals surface area contributed by atoms with Crippen molar-refractivity contribution in [2.45, 2.75) is 44.8 Å². The predicted molar refractivity (Wildman–Crippen MR) is 93.7 cm³/mol. The van der Waals surface area contributed by atoms with E-state index in [4.69, 9.17) is 10.00 Å². The van der Waals surface area contributed by atoms with Crippen LogP contribution < -0.4 is 0 Å². The van der Waals surface area contributed by atoms with Gasteiger partial charge in [0.25, 0.3) is 0 Å². The molecule has 4 atom stereocenters. The fourth-order valence-electron chi connectivity index (χ4n) is 4.44. The molecule has 1 aliphatic carbocycles. The van der Waals surface area contributed by atoms with Crippen molar-refractivity contribution in [3.8, 4) is 6.07 Å². The molecule has 0 saturated carbocycles. The summed E-state index contributed by atoms with van der Waals surface area (Å²) in [5.74, 6) is 1.10. The van der Waals surface area contributed by atoms with Crippen LogP contribution in [0.25, 0.3) is 0 Å². The molecule has 3 rings (SSSR count). The van der Waals surface area contributed by atoms with Crippen LogP contribution in [0.15, 0.2) is 18.2 Å². The number of methoxy groups -OCH3 is 1. The van der Waals surface area contributed by atoms with E-state index < -0.39 is 0 Å². The highest BCUT2D eigenvalue weighted by Crippen LogP contribution is 2.30. The first-order valence-electron chi connectivity index (χ1n) is 9.04. The molecule has 0 aromatic heterocycles. The lowest BCUT2D eigenvalue weighted by Gasteiger charge is -2.39. The molecule has 0 radical (unpaired) electrons. The summed E-state index contributed by atoms with van der Waals surface area (Å²) in [6.45, 7) is 5.01. The van der Waals surface area contributed by atoms with Gasteiger partial charge in [0.2, 0.25) is 0 Å². The first-order chi connectivity index (χ1) is 11.6. The van der Waals surface area contributed by atoms with E-state index in [1.165, 1.54) is 11.1 Å². The molecule has 4 nitrogen and oxygen atoms in total. The van der Waals surface area contributed by atoms with E-state index in [1.54, 1.807) is 7.11 Å². The van der Waals surface area contributed by atoms with Gasteiger partial charge in [-0.3, -0.25) is 0 Å². The van der Waals surface area contributed by atoms with E-state index >= 15 is 0 Å². The third-order valence-electron chi connectivity index (χ3n) is 5.60. The molecule has 4 heteroatoms. The first kappa shape index (κ1) is 17.4. The van der Waals surface area contributed by atoms with Gasteiger partial charge >= 0.3 is 0 Å². The van der Waals surface area contributed by atoms with Gasteiger partial charge in [-0.15, -0.1) is 0 Å². The maximum Gasteiger partial charge on any atom is 0.0991 e. The highest BCUT2D eigenvalue weighted by Gasteiger charge is 2.32. The summed E-state index contributed by atoms with van der Waals surface area (Å²) < 4.78 is 5.70. The number of nitrogens with zero attached hydrogens (tertiary/aromatic N) is 2. The maximum absolute atomic E-state index is 9.66. The number of ether oxygens (including phenoxy) is 1. The Bertz CT molecular complexity index is 608. The van der Waals surface area contributed by atoms with E-state index in [1.807, 2.05) is 13.0 Å². The average molecular weight is 328 g/mol. The Hall–Kier alpha value is -1.41. The molecule has 1 unspecified atom stereocenters. The molecule has 2 aliphatic rings. The van der Waals surface area contributed by atoms with Crippen molar-refractivity contribution in [2.75, 3.05) is 26.7 Å². The number of aliphatic hydroxyl groups excluding tert-OH is 1. The molecule has 0 spiro atoms. The second-order valence-corrected chi connectivity index (χ2v) is 7.54. The van der Waals surface area contributed by atoms with Crippen LogP contribution in [0.4, 0.5) is 0 Å². The zero-order valence-electron chi connectivity index (χ0n) is 14.7. The second kappa shape index (κ2) is 7.65. The van der Waals surface area contributed by atoms with Crippen molar-refractivity contribution in [2.24, 2.45) is 11.8 Å².